The molecule has 0 fully saturated rings. The van der Waals surface area contributed by atoms with E-state index in [9.17, 15) is 4.79 Å². The smallest absolute Gasteiger partial charge is 0.244 e. The van der Waals surface area contributed by atoms with Gasteiger partial charge >= 0.3 is 0 Å². The number of hydrogen-bond donors (Lipinski definition) is 1. The largest absolute Gasteiger partial charge is 0.465 e. The van der Waals surface area contributed by atoms with Crippen molar-refractivity contribution in [2.24, 2.45) is 0 Å². The molecule has 4 heteroatoms. The Balaban J connectivity index is 1.71. The molecule has 0 aromatic carbocycles. The van der Waals surface area contributed by atoms with Gasteiger partial charge in [0.15, 0.2) is 0 Å². The van der Waals surface area contributed by atoms with E-state index in [1.165, 1.54) is 11.0 Å². The van der Waals surface area contributed by atoms with E-state index in [0.717, 1.165) is 6.42 Å². The molecule has 1 N–H and O–H groups in total. The lowest BCUT2D eigenvalue weighted by Crippen LogP contribution is -2.23. The first-order chi connectivity index (χ1) is 8.34. The zero-order valence-electron chi connectivity index (χ0n) is 9.26. The molecule has 2 rings (SSSR count). The van der Waals surface area contributed by atoms with Crippen molar-refractivity contribution in [2.75, 3.05) is 6.54 Å². The molecule has 0 radical (unpaired) electrons. The molecule has 0 aliphatic carbocycles. The highest BCUT2D eigenvalue weighted by atomic mass is 32.1. The van der Waals surface area contributed by atoms with Crippen LogP contribution in [0.1, 0.15) is 10.6 Å². The molecule has 0 aliphatic heterocycles. The molecule has 2 aromatic heterocycles. The molecule has 88 valence electrons. The predicted octanol–water partition coefficient (Wildman–Crippen LogP) is 2.71. The second-order valence-electron chi connectivity index (χ2n) is 3.47. The van der Waals surface area contributed by atoms with E-state index in [0.29, 0.717) is 12.3 Å². The van der Waals surface area contributed by atoms with Crippen LogP contribution in [-0.2, 0) is 11.2 Å². The van der Waals surface area contributed by atoms with E-state index in [1.54, 1.807) is 35.8 Å². The molecule has 0 bridgehead atoms. The fourth-order valence-corrected chi connectivity index (χ4v) is 2.08. The van der Waals surface area contributed by atoms with E-state index in [1.807, 2.05) is 11.4 Å². The lowest BCUT2D eigenvalue weighted by molar-refractivity contribution is -0.116. The minimum absolute atomic E-state index is 0.0991. The summed E-state index contributed by atoms with van der Waals surface area (Å²) in [6, 6.07) is 7.66. The van der Waals surface area contributed by atoms with Crippen LogP contribution in [0.25, 0.3) is 6.08 Å². The maximum Gasteiger partial charge on any atom is 0.244 e. The Labute approximate surface area is 104 Å². The van der Waals surface area contributed by atoms with Gasteiger partial charge in [0.25, 0.3) is 0 Å². The first-order valence-corrected chi connectivity index (χ1v) is 6.24. The number of hydrogen-bond acceptors (Lipinski definition) is 3. The molecular formula is C13H13NO2S. The first kappa shape index (κ1) is 11.7. The third-order valence-corrected chi connectivity index (χ3v) is 3.13. The Hall–Kier alpha value is -1.81. The Kier molecular flexibility index (Phi) is 4.16. The Bertz CT molecular complexity index is 472. The minimum Gasteiger partial charge on any atom is -0.465 e. The second-order valence-corrected chi connectivity index (χ2v) is 4.50. The Morgan fingerprint density at radius 2 is 2.35 bits per heavy atom. The van der Waals surface area contributed by atoms with Crippen LogP contribution in [0.3, 0.4) is 0 Å². The Morgan fingerprint density at radius 1 is 1.41 bits per heavy atom. The summed E-state index contributed by atoms with van der Waals surface area (Å²) < 4.78 is 5.08. The van der Waals surface area contributed by atoms with Gasteiger partial charge < -0.3 is 9.73 Å². The number of carbonyl (C=O) groups is 1. The van der Waals surface area contributed by atoms with Crippen LogP contribution in [-0.4, -0.2) is 12.5 Å². The minimum atomic E-state index is -0.0991. The fourth-order valence-electron chi connectivity index (χ4n) is 1.37. The Morgan fingerprint density at radius 3 is 3.06 bits per heavy atom. The van der Waals surface area contributed by atoms with Crippen LogP contribution in [0.5, 0.6) is 0 Å². The van der Waals surface area contributed by atoms with E-state index in [-0.39, 0.29) is 5.91 Å². The zero-order chi connectivity index (χ0) is 11.9. The van der Waals surface area contributed by atoms with Gasteiger partial charge in [0, 0.05) is 17.5 Å². The van der Waals surface area contributed by atoms with Gasteiger partial charge in [-0.2, -0.15) is 0 Å². The molecule has 2 aromatic rings. The summed E-state index contributed by atoms with van der Waals surface area (Å²) in [5.41, 5.74) is 0. The van der Waals surface area contributed by atoms with Crippen molar-refractivity contribution >= 4 is 23.3 Å². The summed E-state index contributed by atoms with van der Waals surface area (Å²) in [5.74, 6) is 0.580. The lowest BCUT2D eigenvalue weighted by atomic mass is 10.3. The molecule has 1 amide bonds. The van der Waals surface area contributed by atoms with Crippen molar-refractivity contribution in [1.82, 2.24) is 5.32 Å². The maximum absolute atomic E-state index is 11.4. The van der Waals surface area contributed by atoms with Gasteiger partial charge in [-0.05, 0) is 36.1 Å². The average Bonchev–Trinajstić information content (AvgIpc) is 2.99. The SMILES string of the molecule is O=C(/C=C/c1ccco1)NCCc1cccs1. The highest BCUT2D eigenvalue weighted by Crippen LogP contribution is 2.08. The number of carbonyl (C=O) groups excluding carboxylic acids is 1. The highest BCUT2D eigenvalue weighted by molar-refractivity contribution is 7.09. The van der Waals surface area contributed by atoms with Crippen LogP contribution < -0.4 is 5.32 Å². The third kappa shape index (κ3) is 3.92. The normalized spacial score (nSPS) is 10.8. The van der Waals surface area contributed by atoms with Crippen molar-refractivity contribution in [3.8, 4) is 0 Å². The average molecular weight is 247 g/mol. The van der Waals surface area contributed by atoms with E-state index in [4.69, 9.17) is 4.42 Å². The van der Waals surface area contributed by atoms with Crippen molar-refractivity contribution in [3.05, 3.63) is 52.6 Å². The first-order valence-electron chi connectivity index (χ1n) is 5.36. The number of nitrogens with one attached hydrogen (secondary N) is 1. The molecule has 3 nitrogen and oxygen atoms in total. The second kappa shape index (κ2) is 6.06. The topological polar surface area (TPSA) is 42.2 Å². The van der Waals surface area contributed by atoms with Gasteiger partial charge in [-0.3, -0.25) is 4.79 Å². The van der Waals surface area contributed by atoms with E-state index in [2.05, 4.69) is 11.4 Å². The summed E-state index contributed by atoms with van der Waals surface area (Å²) in [6.07, 6.45) is 5.58. The summed E-state index contributed by atoms with van der Waals surface area (Å²) >= 11 is 1.70. The summed E-state index contributed by atoms with van der Waals surface area (Å²) in [5, 5.41) is 4.86. The van der Waals surface area contributed by atoms with Crippen molar-refractivity contribution in [3.63, 3.8) is 0 Å². The maximum atomic E-state index is 11.4. The molecule has 0 spiro atoms. The quantitative estimate of drug-likeness (QED) is 0.825. The van der Waals surface area contributed by atoms with Gasteiger partial charge in [-0.15, -0.1) is 11.3 Å². The van der Waals surface area contributed by atoms with E-state index < -0.39 is 0 Å². The van der Waals surface area contributed by atoms with Crippen LogP contribution in [0.4, 0.5) is 0 Å². The number of amides is 1. The number of rotatable bonds is 5. The highest BCUT2D eigenvalue weighted by Gasteiger charge is 1.97. The summed E-state index contributed by atoms with van der Waals surface area (Å²) in [7, 11) is 0. The van der Waals surface area contributed by atoms with Crippen molar-refractivity contribution in [1.29, 1.82) is 0 Å². The molecule has 0 atom stereocenters. The number of thiophene rings is 1. The molecular weight excluding hydrogens is 234 g/mol. The van der Waals surface area contributed by atoms with Crippen LogP contribution in [0.2, 0.25) is 0 Å². The van der Waals surface area contributed by atoms with Crippen LogP contribution in [0, 0.1) is 0 Å². The molecule has 2 heterocycles. The van der Waals surface area contributed by atoms with Gasteiger partial charge in [-0.25, -0.2) is 0 Å². The zero-order valence-corrected chi connectivity index (χ0v) is 10.1. The molecule has 0 aliphatic rings. The summed E-state index contributed by atoms with van der Waals surface area (Å²) in [6.45, 7) is 0.655. The van der Waals surface area contributed by atoms with Crippen molar-refractivity contribution in [2.45, 2.75) is 6.42 Å². The predicted molar refractivity (Wildman–Crippen MR) is 68.8 cm³/mol. The molecule has 17 heavy (non-hydrogen) atoms. The van der Waals surface area contributed by atoms with Crippen LogP contribution in [0.15, 0.2) is 46.4 Å². The fraction of sp³-hybridized carbons (Fsp3) is 0.154. The van der Waals surface area contributed by atoms with Gasteiger partial charge in [0.05, 0.1) is 6.26 Å². The summed E-state index contributed by atoms with van der Waals surface area (Å²) in [4.78, 5) is 12.7. The van der Waals surface area contributed by atoms with Gasteiger partial charge in [-0.1, -0.05) is 6.07 Å². The van der Waals surface area contributed by atoms with Crippen molar-refractivity contribution < 1.29 is 9.21 Å². The third-order valence-electron chi connectivity index (χ3n) is 2.19. The molecule has 0 saturated carbocycles. The molecule has 0 unspecified atom stereocenters. The monoisotopic (exact) mass is 247 g/mol. The molecule has 0 saturated heterocycles. The van der Waals surface area contributed by atoms with Gasteiger partial charge in [0.1, 0.15) is 5.76 Å². The van der Waals surface area contributed by atoms with Gasteiger partial charge in [0.2, 0.25) is 5.91 Å². The number of furan rings is 1. The van der Waals surface area contributed by atoms with E-state index >= 15 is 0 Å². The standard InChI is InChI=1S/C13H13NO2S/c15-13(6-5-11-3-1-9-16-11)14-8-7-12-4-2-10-17-12/h1-6,9-10H,7-8H2,(H,14,15)/b6-5+. The lowest BCUT2D eigenvalue weighted by Gasteiger charge is -1.99. The van der Waals surface area contributed by atoms with Crippen LogP contribution >= 0.6 is 11.3 Å².